The molecule has 4 nitrogen and oxygen atoms in total. The maximum atomic E-state index is 13.5. The first-order chi connectivity index (χ1) is 8.49. The molecule has 0 saturated carbocycles. The molecule has 0 radical (unpaired) electrons. The lowest BCUT2D eigenvalue weighted by Crippen LogP contribution is -2.26. The van der Waals surface area contributed by atoms with E-state index >= 15 is 0 Å². The van der Waals surface area contributed by atoms with Gasteiger partial charge in [-0.25, -0.2) is 4.39 Å². The highest BCUT2D eigenvalue weighted by atomic mass is 19.1. The van der Waals surface area contributed by atoms with Gasteiger partial charge in [0.05, 0.1) is 23.1 Å². The molecule has 1 aromatic heterocycles. The van der Waals surface area contributed by atoms with Crippen molar-refractivity contribution in [1.29, 1.82) is 0 Å². The van der Waals surface area contributed by atoms with Crippen molar-refractivity contribution in [3.8, 4) is 11.3 Å². The van der Waals surface area contributed by atoms with Gasteiger partial charge in [0, 0.05) is 31.4 Å². The van der Waals surface area contributed by atoms with Crippen molar-refractivity contribution in [2.75, 3.05) is 17.7 Å². The minimum Gasteiger partial charge on any atom is -0.397 e. The molecule has 18 heavy (non-hydrogen) atoms. The largest absolute Gasteiger partial charge is 0.397 e. The molecule has 0 fully saturated rings. The van der Waals surface area contributed by atoms with E-state index in [0.29, 0.717) is 5.69 Å². The average molecular weight is 246 g/mol. The van der Waals surface area contributed by atoms with Gasteiger partial charge in [-0.15, -0.1) is 0 Å². The van der Waals surface area contributed by atoms with Crippen LogP contribution in [0.1, 0.15) is 18.5 Å². The topological polar surface area (TPSA) is 47.1 Å². The molecule has 2 N–H and O–H groups in total. The van der Waals surface area contributed by atoms with E-state index < -0.39 is 0 Å². The fourth-order valence-electron chi connectivity index (χ4n) is 2.62. The number of hydrogen-bond donors (Lipinski definition) is 1. The number of halogens is 1. The Labute approximate surface area is 105 Å². The number of hydrogen-bond acceptors (Lipinski definition) is 3. The first-order valence-electron chi connectivity index (χ1n) is 5.85. The first kappa shape index (κ1) is 11.1. The molecule has 2 aromatic rings. The van der Waals surface area contributed by atoms with Gasteiger partial charge in [-0.05, 0) is 19.1 Å². The molecule has 0 amide bonds. The second-order valence-electron chi connectivity index (χ2n) is 4.78. The highest BCUT2D eigenvalue weighted by Crippen LogP contribution is 2.46. The van der Waals surface area contributed by atoms with E-state index in [4.69, 9.17) is 5.73 Å². The van der Waals surface area contributed by atoms with Gasteiger partial charge in [-0.2, -0.15) is 5.10 Å². The zero-order chi connectivity index (χ0) is 13.0. The second-order valence-corrected chi connectivity index (χ2v) is 4.78. The minimum absolute atomic E-state index is 0.175. The third kappa shape index (κ3) is 1.33. The fourth-order valence-corrected chi connectivity index (χ4v) is 2.62. The number of nitrogen functional groups attached to an aromatic ring is 1. The summed E-state index contributed by atoms with van der Waals surface area (Å²) >= 11 is 0. The molecular weight excluding hydrogens is 231 g/mol. The molecule has 2 heterocycles. The molecule has 1 aliphatic heterocycles. The Morgan fingerprint density at radius 2 is 2.06 bits per heavy atom. The van der Waals surface area contributed by atoms with E-state index in [-0.39, 0.29) is 11.9 Å². The summed E-state index contributed by atoms with van der Waals surface area (Å²) in [6.07, 6.45) is 1.97. The molecule has 1 aliphatic rings. The van der Waals surface area contributed by atoms with Crippen LogP contribution < -0.4 is 10.6 Å². The van der Waals surface area contributed by atoms with Crippen LogP contribution in [-0.4, -0.2) is 16.8 Å². The number of benzene rings is 1. The normalized spacial score (nSPS) is 17.6. The maximum Gasteiger partial charge on any atom is 0.126 e. The highest BCUT2D eigenvalue weighted by Gasteiger charge is 2.30. The van der Waals surface area contributed by atoms with Gasteiger partial charge in [-0.1, -0.05) is 0 Å². The van der Waals surface area contributed by atoms with E-state index in [1.165, 1.54) is 12.1 Å². The van der Waals surface area contributed by atoms with Crippen LogP contribution in [0.25, 0.3) is 11.3 Å². The predicted molar refractivity (Wildman–Crippen MR) is 69.8 cm³/mol. The van der Waals surface area contributed by atoms with E-state index in [0.717, 1.165) is 22.5 Å². The Kier molecular flexibility index (Phi) is 2.14. The Hall–Kier alpha value is -2.04. The number of fused-ring (bicyclic) bond motifs is 3. The van der Waals surface area contributed by atoms with Gasteiger partial charge in [0.1, 0.15) is 5.82 Å². The van der Waals surface area contributed by atoms with Gasteiger partial charge in [0.2, 0.25) is 0 Å². The molecule has 3 rings (SSSR count). The lowest BCUT2D eigenvalue weighted by molar-refractivity contribution is 0.627. The SMILES string of the molecule is CC1c2cn(C)nc2-c2cc(F)cc(N)c2N1C. The number of rotatable bonds is 0. The third-order valence-corrected chi connectivity index (χ3v) is 3.60. The van der Waals surface area contributed by atoms with Gasteiger partial charge in [-0.3, -0.25) is 4.68 Å². The van der Waals surface area contributed by atoms with Crippen LogP contribution in [0.5, 0.6) is 0 Å². The van der Waals surface area contributed by atoms with Crippen molar-refractivity contribution in [2.45, 2.75) is 13.0 Å². The minimum atomic E-state index is -0.328. The van der Waals surface area contributed by atoms with Crippen molar-refractivity contribution in [3.05, 3.63) is 29.7 Å². The third-order valence-electron chi connectivity index (χ3n) is 3.60. The van der Waals surface area contributed by atoms with Crippen LogP contribution >= 0.6 is 0 Å². The molecule has 1 atom stereocenters. The Morgan fingerprint density at radius 3 is 2.78 bits per heavy atom. The van der Waals surface area contributed by atoms with Gasteiger partial charge < -0.3 is 10.6 Å². The molecule has 5 heteroatoms. The van der Waals surface area contributed by atoms with Crippen LogP contribution in [0.4, 0.5) is 15.8 Å². The van der Waals surface area contributed by atoms with Gasteiger partial charge >= 0.3 is 0 Å². The van der Waals surface area contributed by atoms with Crippen molar-refractivity contribution in [1.82, 2.24) is 9.78 Å². The molecule has 1 unspecified atom stereocenters. The number of nitrogens with two attached hydrogens (primary N) is 1. The zero-order valence-corrected chi connectivity index (χ0v) is 10.6. The first-order valence-corrected chi connectivity index (χ1v) is 5.85. The summed E-state index contributed by atoms with van der Waals surface area (Å²) < 4.78 is 15.3. The molecule has 0 aliphatic carbocycles. The summed E-state index contributed by atoms with van der Waals surface area (Å²) in [7, 11) is 3.83. The predicted octanol–water partition coefficient (Wildman–Crippen LogP) is 2.32. The average Bonchev–Trinajstić information content (AvgIpc) is 2.67. The van der Waals surface area contributed by atoms with E-state index in [2.05, 4.69) is 16.9 Å². The number of aryl methyl sites for hydroxylation is 1. The van der Waals surface area contributed by atoms with Crippen LogP contribution in [0, 0.1) is 5.82 Å². The molecule has 1 aromatic carbocycles. The molecule has 0 bridgehead atoms. The standard InChI is InChI=1S/C13H15FN4/c1-7-10-6-17(2)16-12(10)9-4-8(14)5-11(15)13(9)18(7)3/h4-7H,15H2,1-3H3. The number of nitrogens with zero attached hydrogens (tertiary/aromatic N) is 3. The second kappa shape index (κ2) is 3.48. The monoisotopic (exact) mass is 246 g/mol. The lowest BCUT2D eigenvalue weighted by Gasteiger charge is -2.34. The van der Waals surface area contributed by atoms with Crippen LogP contribution in [0.2, 0.25) is 0 Å². The molecular formula is C13H15FN4. The summed E-state index contributed by atoms with van der Waals surface area (Å²) in [5.74, 6) is -0.328. The smallest absolute Gasteiger partial charge is 0.126 e. The fraction of sp³-hybridized carbons (Fsp3) is 0.308. The van der Waals surface area contributed by atoms with Gasteiger partial charge in [0.25, 0.3) is 0 Å². The lowest BCUT2D eigenvalue weighted by atomic mass is 9.94. The van der Waals surface area contributed by atoms with Crippen molar-refractivity contribution in [3.63, 3.8) is 0 Å². The number of aromatic nitrogens is 2. The quantitative estimate of drug-likeness (QED) is 0.726. The van der Waals surface area contributed by atoms with E-state index in [1.807, 2.05) is 20.3 Å². The Bertz CT molecular complexity index is 632. The van der Waals surface area contributed by atoms with Crippen molar-refractivity contribution >= 4 is 11.4 Å². The van der Waals surface area contributed by atoms with Crippen LogP contribution in [-0.2, 0) is 7.05 Å². The Morgan fingerprint density at radius 1 is 1.33 bits per heavy atom. The summed E-state index contributed by atoms with van der Waals surface area (Å²) in [6.45, 7) is 2.09. The van der Waals surface area contributed by atoms with E-state index in [1.54, 1.807) is 4.68 Å². The van der Waals surface area contributed by atoms with Crippen LogP contribution in [0.15, 0.2) is 18.3 Å². The van der Waals surface area contributed by atoms with Crippen LogP contribution in [0.3, 0.4) is 0 Å². The number of anilines is 2. The summed E-state index contributed by atoms with van der Waals surface area (Å²) in [5, 5.41) is 4.43. The summed E-state index contributed by atoms with van der Waals surface area (Å²) in [6, 6.07) is 3.03. The molecule has 0 saturated heterocycles. The maximum absolute atomic E-state index is 13.5. The van der Waals surface area contributed by atoms with Gasteiger partial charge in [0.15, 0.2) is 0 Å². The summed E-state index contributed by atoms with van der Waals surface area (Å²) in [5.41, 5.74) is 9.94. The highest BCUT2D eigenvalue weighted by molar-refractivity contribution is 5.89. The molecule has 94 valence electrons. The molecule has 0 spiro atoms. The zero-order valence-electron chi connectivity index (χ0n) is 10.6. The van der Waals surface area contributed by atoms with Crippen molar-refractivity contribution < 1.29 is 4.39 Å². The van der Waals surface area contributed by atoms with E-state index in [9.17, 15) is 4.39 Å². The Balaban J connectivity index is 2.36. The van der Waals surface area contributed by atoms with Crippen molar-refractivity contribution in [2.24, 2.45) is 7.05 Å². The summed E-state index contributed by atoms with van der Waals surface area (Å²) in [4.78, 5) is 2.06.